The Balaban J connectivity index is 2.31. The van der Waals surface area contributed by atoms with E-state index in [2.05, 4.69) is 42.5 Å². The molecule has 2 rings (SSSR count). The summed E-state index contributed by atoms with van der Waals surface area (Å²) in [5.41, 5.74) is 6.61. The highest BCUT2D eigenvalue weighted by Gasteiger charge is 2.36. The molecule has 26 nitrogen and oxygen atoms in total. The zero-order valence-electron chi connectivity index (χ0n) is 40.4. The number of benzene rings is 2. The lowest BCUT2D eigenvalue weighted by molar-refractivity contribution is -0.144. The molecular weight excluding hydrogens is 951 g/mol. The van der Waals surface area contributed by atoms with Crippen molar-refractivity contribution in [2.75, 3.05) is 19.8 Å². The number of nitrogens with one attached hydrogen (secondary N) is 8. The summed E-state index contributed by atoms with van der Waals surface area (Å²) in [5, 5.41) is 87.2. The predicted octanol–water partition coefficient (Wildman–Crippen LogP) is -5.00. The number of rotatable bonds is 30. The molecule has 2 aromatic carbocycles. The number of phenols is 1. The molecule has 0 fully saturated rings. The fourth-order valence-electron chi connectivity index (χ4n) is 6.69. The van der Waals surface area contributed by atoms with Gasteiger partial charge in [0.05, 0.1) is 32.3 Å². The zero-order valence-corrected chi connectivity index (χ0v) is 40.4. The molecule has 0 saturated heterocycles. The first kappa shape index (κ1) is 60.9. The van der Waals surface area contributed by atoms with Gasteiger partial charge in [-0.25, -0.2) is 4.79 Å². The van der Waals surface area contributed by atoms with Gasteiger partial charge in [0.2, 0.25) is 47.3 Å². The van der Waals surface area contributed by atoms with E-state index in [9.17, 15) is 83.7 Å². The summed E-state index contributed by atoms with van der Waals surface area (Å²) in [6, 6.07) is -1.31. The second-order valence-corrected chi connectivity index (χ2v) is 17.6. The van der Waals surface area contributed by atoms with Crippen LogP contribution in [0.4, 0.5) is 0 Å². The summed E-state index contributed by atoms with van der Waals surface area (Å²) in [6.45, 7) is 4.42. The van der Waals surface area contributed by atoms with E-state index < -0.39 is 152 Å². The quantitative estimate of drug-likeness (QED) is 0.0348. The number of aliphatic carboxylic acids is 2. The highest BCUT2D eigenvalue weighted by molar-refractivity contribution is 5.99. The first-order chi connectivity index (χ1) is 33.8. The van der Waals surface area contributed by atoms with E-state index >= 15 is 0 Å². The number of phenolic OH excluding ortho intramolecular Hbond substituents is 1. The summed E-state index contributed by atoms with van der Waals surface area (Å²) in [5.74, 6) is -12.9. The van der Waals surface area contributed by atoms with Crippen LogP contribution in [-0.2, 0) is 60.8 Å². The van der Waals surface area contributed by atoms with Gasteiger partial charge in [0.1, 0.15) is 60.1 Å². The number of nitrogens with two attached hydrogens (primary N) is 1. The molecule has 398 valence electrons. The number of carboxylic acid groups (broad SMARTS) is 2. The van der Waals surface area contributed by atoms with Crippen molar-refractivity contribution < 1.29 is 83.7 Å². The third-order valence-corrected chi connectivity index (χ3v) is 10.8. The molecule has 0 aromatic heterocycles. The molecule has 8 amide bonds. The number of carbonyl (C=O) groups is 10. The molecule has 10 atom stereocenters. The topological polar surface area (TPSA) is 435 Å². The molecule has 0 heterocycles. The molecule has 0 radical (unpaired) electrons. The maximum absolute atomic E-state index is 13.9. The molecule has 0 saturated carbocycles. The number of aliphatic hydroxyl groups is 4. The van der Waals surface area contributed by atoms with Gasteiger partial charge in [0.25, 0.3) is 0 Å². The van der Waals surface area contributed by atoms with E-state index in [0.717, 1.165) is 0 Å². The van der Waals surface area contributed by atoms with E-state index in [4.69, 9.17) is 5.73 Å². The standard InChI is InChI=1S/C46H67N9O17/c1-22(2)15-31(46(71)72)51-42(67)32(19-56)52-40(65)30(18-35(61)62)49-38(63)28(16-25-9-7-6-8-10-25)48-41(66)33(20-57)54-45(70)37(23(3)4)55-43(68)34(21-58)53-39(64)29(50-44(69)36(47)24(5)59)17-26-11-13-27(60)14-12-26/h6-14,22-24,28-34,36-37,56-60H,15-21,47H2,1-5H3,(H,48,66)(H,49,63)(H,50,69)(H,51,67)(H,52,65)(H,53,64)(H,54,70)(H,55,68)(H,61,62)(H,71,72)/t24-,28+,29+,30+,31+,32+,33+,34+,36+,37+/m1/s1. The minimum Gasteiger partial charge on any atom is -0.508 e. The van der Waals surface area contributed by atoms with Crippen LogP contribution in [0.5, 0.6) is 5.75 Å². The van der Waals surface area contributed by atoms with Crippen molar-refractivity contribution in [2.24, 2.45) is 17.6 Å². The van der Waals surface area contributed by atoms with Gasteiger partial charge in [-0.3, -0.25) is 43.2 Å². The number of amides is 8. The van der Waals surface area contributed by atoms with Crippen LogP contribution in [0.3, 0.4) is 0 Å². The van der Waals surface area contributed by atoms with Gasteiger partial charge in [-0.1, -0.05) is 70.2 Å². The number of aliphatic hydroxyl groups excluding tert-OH is 4. The summed E-state index contributed by atoms with van der Waals surface area (Å²) in [6.07, 6.45) is -2.93. The van der Waals surface area contributed by atoms with Crippen LogP contribution >= 0.6 is 0 Å². The van der Waals surface area contributed by atoms with Gasteiger partial charge in [-0.2, -0.15) is 0 Å². The monoisotopic (exact) mass is 1020 g/mol. The SMILES string of the molecule is CC(C)C[C@H](NC(=O)[C@H](CO)NC(=O)[C@H](CC(=O)O)NC(=O)[C@H](Cc1ccccc1)NC(=O)[C@H](CO)NC(=O)[C@@H](NC(=O)[C@H](CO)NC(=O)[C@H](Cc1ccc(O)cc1)NC(=O)[C@@H](N)[C@@H](C)O)C(C)C)C(=O)O. The van der Waals surface area contributed by atoms with Crippen LogP contribution in [0.1, 0.15) is 58.6 Å². The molecular formula is C46H67N9O17. The molecule has 2 aromatic rings. The number of hydrogen-bond donors (Lipinski definition) is 16. The van der Waals surface area contributed by atoms with Crippen molar-refractivity contribution >= 4 is 59.2 Å². The fraction of sp³-hybridized carbons (Fsp3) is 0.522. The van der Waals surface area contributed by atoms with Crippen molar-refractivity contribution in [2.45, 2.75) is 121 Å². The molecule has 26 heteroatoms. The van der Waals surface area contributed by atoms with Gasteiger partial charge in [-0.15, -0.1) is 0 Å². The molecule has 0 aliphatic rings. The normalized spacial score (nSPS) is 15.3. The molecule has 0 bridgehead atoms. The number of carboxylic acids is 2. The Bertz CT molecular complexity index is 2180. The average molecular weight is 1020 g/mol. The van der Waals surface area contributed by atoms with Gasteiger partial charge in [0, 0.05) is 12.8 Å². The van der Waals surface area contributed by atoms with Crippen LogP contribution in [0.2, 0.25) is 0 Å². The molecule has 0 unspecified atom stereocenters. The van der Waals surface area contributed by atoms with E-state index in [1.54, 1.807) is 44.2 Å². The first-order valence-electron chi connectivity index (χ1n) is 22.8. The highest BCUT2D eigenvalue weighted by Crippen LogP contribution is 2.13. The van der Waals surface area contributed by atoms with Crippen molar-refractivity contribution in [1.29, 1.82) is 0 Å². The third-order valence-electron chi connectivity index (χ3n) is 10.8. The van der Waals surface area contributed by atoms with Gasteiger partial charge >= 0.3 is 11.9 Å². The highest BCUT2D eigenvalue weighted by atomic mass is 16.4. The number of hydrogen-bond acceptors (Lipinski definition) is 16. The van der Waals surface area contributed by atoms with Crippen molar-refractivity contribution in [3.8, 4) is 5.75 Å². The van der Waals surface area contributed by atoms with Gasteiger partial charge in [0.15, 0.2) is 0 Å². The largest absolute Gasteiger partial charge is 0.508 e. The lowest BCUT2D eigenvalue weighted by atomic mass is 10.0. The molecule has 17 N–H and O–H groups in total. The minimum atomic E-state index is -1.95. The van der Waals surface area contributed by atoms with Gasteiger partial charge in [-0.05, 0) is 48.4 Å². The molecule has 0 aliphatic carbocycles. The minimum absolute atomic E-state index is 0.0129. The second-order valence-electron chi connectivity index (χ2n) is 17.6. The molecule has 0 spiro atoms. The van der Waals surface area contributed by atoms with Crippen LogP contribution in [-0.4, -0.2) is 175 Å². The predicted molar refractivity (Wildman–Crippen MR) is 252 cm³/mol. The molecule has 0 aliphatic heterocycles. The summed E-state index contributed by atoms with van der Waals surface area (Å²) < 4.78 is 0. The maximum atomic E-state index is 13.9. The Morgan fingerprint density at radius 3 is 1.28 bits per heavy atom. The second kappa shape index (κ2) is 29.8. The van der Waals surface area contributed by atoms with Gasteiger partial charge < -0.3 is 84.0 Å². The first-order valence-corrected chi connectivity index (χ1v) is 22.8. The van der Waals surface area contributed by atoms with Crippen LogP contribution in [0.15, 0.2) is 54.6 Å². The Morgan fingerprint density at radius 2 is 0.861 bits per heavy atom. The maximum Gasteiger partial charge on any atom is 0.326 e. The molecule has 72 heavy (non-hydrogen) atoms. The van der Waals surface area contributed by atoms with Crippen molar-refractivity contribution in [1.82, 2.24) is 42.5 Å². The van der Waals surface area contributed by atoms with E-state index in [-0.39, 0.29) is 30.9 Å². The summed E-state index contributed by atoms with van der Waals surface area (Å²) >= 11 is 0. The van der Waals surface area contributed by atoms with Crippen LogP contribution < -0.4 is 48.3 Å². The van der Waals surface area contributed by atoms with Crippen molar-refractivity contribution in [3.63, 3.8) is 0 Å². The van der Waals surface area contributed by atoms with E-state index in [1.165, 1.54) is 45.0 Å². The number of aromatic hydroxyl groups is 1. The fourth-order valence-corrected chi connectivity index (χ4v) is 6.69. The smallest absolute Gasteiger partial charge is 0.326 e. The lowest BCUT2D eigenvalue weighted by Gasteiger charge is -2.28. The van der Waals surface area contributed by atoms with Crippen LogP contribution in [0, 0.1) is 11.8 Å². The van der Waals surface area contributed by atoms with E-state index in [0.29, 0.717) is 11.1 Å². The number of carbonyl (C=O) groups excluding carboxylic acids is 8. The van der Waals surface area contributed by atoms with Crippen LogP contribution in [0.25, 0.3) is 0 Å². The zero-order chi connectivity index (χ0) is 54.4. The Morgan fingerprint density at radius 1 is 0.486 bits per heavy atom. The lowest BCUT2D eigenvalue weighted by Crippen LogP contribution is -2.62. The summed E-state index contributed by atoms with van der Waals surface area (Å²) in [7, 11) is 0. The Hall–Kier alpha value is -7.26. The summed E-state index contributed by atoms with van der Waals surface area (Å²) in [4.78, 5) is 131. The Kier molecular flexibility index (Phi) is 25.2. The third kappa shape index (κ3) is 20.2. The van der Waals surface area contributed by atoms with Crippen molar-refractivity contribution in [3.05, 3.63) is 65.7 Å². The van der Waals surface area contributed by atoms with E-state index in [1.807, 2.05) is 0 Å². The Labute approximate surface area is 414 Å². The average Bonchev–Trinajstić information content (AvgIpc) is 3.32.